The van der Waals surface area contributed by atoms with Crippen LogP contribution >= 0.6 is 15.9 Å². The van der Waals surface area contributed by atoms with Gasteiger partial charge in [0.25, 0.3) is 5.91 Å². The largest absolute Gasteiger partial charge is 0.398 e. The molecule has 0 unspecified atom stereocenters. The molecule has 0 saturated carbocycles. The maximum atomic E-state index is 12.0. The van der Waals surface area contributed by atoms with Gasteiger partial charge < -0.3 is 11.1 Å². The number of aryl methyl sites for hydroxylation is 1. The number of nitrogens with one attached hydrogen (secondary N) is 1. The number of carbonyl (C=O) groups is 1. The van der Waals surface area contributed by atoms with Crippen LogP contribution in [0, 0.1) is 0 Å². The molecule has 0 aliphatic rings. The minimum atomic E-state index is -0.229. The molecule has 1 aromatic heterocycles. The highest BCUT2D eigenvalue weighted by Gasteiger charge is 2.12. The number of amides is 1. The standard InChI is InChI=1S/C11H11BrN4O/c1-16-9(5-6-14-16)15-11(17)7-3-2-4-8(13)10(7)12/h2-6H,13H2,1H3,(H,15,17). The van der Waals surface area contributed by atoms with Crippen LogP contribution in [0.25, 0.3) is 0 Å². The molecule has 0 aliphatic carbocycles. The van der Waals surface area contributed by atoms with E-state index in [0.29, 0.717) is 21.5 Å². The molecule has 5 nitrogen and oxygen atoms in total. The first kappa shape index (κ1) is 11.7. The number of carbonyl (C=O) groups excluding carboxylic acids is 1. The van der Waals surface area contributed by atoms with Crippen LogP contribution in [0.2, 0.25) is 0 Å². The summed E-state index contributed by atoms with van der Waals surface area (Å²) in [4.78, 5) is 12.0. The fourth-order valence-electron chi connectivity index (χ4n) is 1.41. The van der Waals surface area contributed by atoms with E-state index in [9.17, 15) is 4.79 Å². The lowest BCUT2D eigenvalue weighted by atomic mass is 10.2. The van der Waals surface area contributed by atoms with Gasteiger partial charge in [0.1, 0.15) is 5.82 Å². The maximum absolute atomic E-state index is 12.0. The third-order valence-corrected chi connectivity index (χ3v) is 3.22. The van der Waals surface area contributed by atoms with Crippen molar-refractivity contribution in [3.8, 4) is 0 Å². The Labute approximate surface area is 107 Å². The van der Waals surface area contributed by atoms with Crippen molar-refractivity contribution in [2.75, 3.05) is 11.1 Å². The third-order valence-electron chi connectivity index (χ3n) is 2.34. The number of nitrogen functional groups attached to an aromatic ring is 1. The Balaban J connectivity index is 2.27. The Morgan fingerprint density at radius 1 is 1.47 bits per heavy atom. The number of halogens is 1. The SMILES string of the molecule is Cn1nccc1NC(=O)c1cccc(N)c1Br. The summed E-state index contributed by atoms with van der Waals surface area (Å²) in [6, 6.07) is 6.88. The molecule has 0 radical (unpaired) electrons. The Hall–Kier alpha value is -1.82. The summed E-state index contributed by atoms with van der Waals surface area (Å²) in [5.74, 6) is 0.400. The Morgan fingerprint density at radius 2 is 2.24 bits per heavy atom. The number of aromatic nitrogens is 2. The van der Waals surface area contributed by atoms with Gasteiger partial charge in [-0.2, -0.15) is 5.10 Å². The van der Waals surface area contributed by atoms with Crippen LogP contribution < -0.4 is 11.1 Å². The van der Waals surface area contributed by atoms with Gasteiger partial charge in [-0.15, -0.1) is 0 Å². The van der Waals surface area contributed by atoms with Crippen molar-refractivity contribution in [3.63, 3.8) is 0 Å². The molecule has 0 aliphatic heterocycles. The number of benzene rings is 1. The highest BCUT2D eigenvalue weighted by Crippen LogP contribution is 2.24. The molecule has 1 heterocycles. The van der Waals surface area contributed by atoms with Gasteiger partial charge in [0, 0.05) is 18.8 Å². The van der Waals surface area contributed by atoms with Crippen LogP contribution in [0.15, 0.2) is 34.9 Å². The minimum Gasteiger partial charge on any atom is -0.398 e. The van der Waals surface area contributed by atoms with Gasteiger partial charge >= 0.3 is 0 Å². The molecule has 1 amide bonds. The smallest absolute Gasteiger partial charge is 0.258 e. The molecule has 0 saturated heterocycles. The molecular weight excluding hydrogens is 284 g/mol. The average molecular weight is 295 g/mol. The van der Waals surface area contributed by atoms with Crippen LogP contribution in [0.5, 0.6) is 0 Å². The Morgan fingerprint density at radius 3 is 2.88 bits per heavy atom. The molecule has 17 heavy (non-hydrogen) atoms. The lowest BCUT2D eigenvalue weighted by Gasteiger charge is -2.08. The molecule has 88 valence electrons. The molecule has 6 heteroatoms. The third kappa shape index (κ3) is 2.31. The van der Waals surface area contributed by atoms with E-state index in [-0.39, 0.29) is 5.91 Å². The van der Waals surface area contributed by atoms with Gasteiger partial charge in [0.15, 0.2) is 0 Å². The Kier molecular flexibility index (Phi) is 3.14. The summed E-state index contributed by atoms with van der Waals surface area (Å²) < 4.78 is 2.18. The predicted octanol–water partition coefficient (Wildman–Crippen LogP) is 2.02. The highest BCUT2D eigenvalue weighted by molar-refractivity contribution is 9.10. The number of nitrogens with zero attached hydrogens (tertiary/aromatic N) is 2. The normalized spacial score (nSPS) is 10.2. The summed E-state index contributed by atoms with van der Waals surface area (Å²) in [6.45, 7) is 0. The second-order valence-electron chi connectivity index (χ2n) is 3.50. The van der Waals surface area contributed by atoms with E-state index in [1.807, 2.05) is 0 Å². The monoisotopic (exact) mass is 294 g/mol. The predicted molar refractivity (Wildman–Crippen MR) is 69.7 cm³/mol. The van der Waals surface area contributed by atoms with Crippen molar-refractivity contribution in [1.82, 2.24) is 9.78 Å². The quantitative estimate of drug-likeness (QED) is 0.832. The first-order valence-corrected chi connectivity index (χ1v) is 5.72. The van der Waals surface area contributed by atoms with Crippen LogP contribution in [-0.4, -0.2) is 15.7 Å². The summed E-state index contributed by atoms with van der Waals surface area (Å²) >= 11 is 3.30. The summed E-state index contributed by atoms with van der Waals surface area (Å²) in [7, 11) is 1.75. The molecule has 0 bridgehead atoms. The van der Waals surface area contributed by atoms with Crippen molar-refractivity contribution < 1.29 is 4.79 Å². The molecule has 0 fully saturated rings. The summed E-state index contributed by atoms with van der Waals surface area (Å²) in [5.41, 5.74) is 6.74. The number of hydrogen-bond acceptors (Lipinski definition) is 3. The van der Waals surface area contributed by atoms with Crippen LogP contribution in [0.1, 0.15) is 10.4 Å². The van der Waals surface area contributed by atoms with Gasteiger partial charge in [-0.25, -0.2) is 0 Å². The number of hydrogen-bond donors (Lipinski definition) is 2. The van der Waals surface area contributed by atoms with Gasteiger partial charge in [0.2, 0.25) is 0 Å². The van der Waals surface area contributed by atoms with E-state index >= 15 is 0 Å². The van der Waals surface area contributed by atoms with Crippen molar-refractivity contribution in [2.45, 2.75) is 0 Å². The van der Waals surface area contributed by atoms with Crippen LogP contribution in [-0.2, 0) is 7.05 Å². The van der Waals surface area contributed by atoms with E-state index < -0.39 is 0 Å². The Bertz CT molecular complexity index is 564. The maximum Gasteiger partial charge on any atom is 0.258 e. The van der Waals surface area contributed by atoms with Gasteiger partial charge in [-0.3, -0.25) is 9.48 Å². The zero-order chi connectivity index (χ0) is 12.4. The van der Waals surface area contributed by atoms with Gasteiger partial charge in [-0.05, 0) is 28.1 Å². The van der Waals surface area contributed by atoms with Crippen molar-refractivity contribution >= 4 is 33.3 Å². The van der Waals surface area contributed by atoms with E-state index in [4.69, 9.17) is 5.73 Å². The van der Waals surface area contributed by atoms with Gasteiger partial charge in [0.05, 0.1) is 16.2 Å². The number of rotatable bonds is 2. The van der Waals surface area contributed by atoms with Gasteiger partial charge in [-0.1, -0.05) is 6.07 Å². The second kappa shape index (κ2) is 4.58. The first-order valence-electron chi connectivity index (χ1n) is 4.93. The molecule has 3 N–H and O–H groups in total. The van der Waals surface area contributed by atoms with E-state index in [1.165, 1.54) is 0 Å². The number of nitrogens with two attached hydrogens (primary N) is 1. The van der Waals surface area contributed by atoms with E-state index in [0.717, 1.165) is 0 Å². The average Bonchev–Trinajstić information content (AvgIpc) is 2.68. The molecule has 0 spiro atoms. The first-order chi connectivity index (χ1) is 8.09. The molecular formula is C11H11BrN4O. The fourth-order valence-corrected chi connectivity index (χ4v) is 1.85. The minimum absolute atomic E-state index is 0.229. The lowest BCUT2D eigenvalue weighted by molar-refractivity contribution is 0.102. The molecule has 2 aromatic rings. The second-order valence-corrected chi connectivity index (χ2v) is 4.30. The highest BCUT2D eigenvalue weighted by atomic mass is 79.9. The van der Waals surface area contributed by atoms with Crippen LogP contribution in [0.4, 0.5) is 11.5 Å². The molecule has 1 aromatic carbocycles. The van der Waals surface area contributed by atoms with E-state index in [1.54, 1.807) is 42.2 Å². The topological polar surface area (TPSA) is 72.9 Å². The molecule has 0 atom stereocenters. The van der Waals surface area contributed by atoms with Crippen molar-refractivity contribution in [3.05, 3.63) is 40.5 Å². The number of anilines is 2. The van der Waals surface area contributed by atoms with Crippen molar-refractivity contribution in [1.29, 1.82) is 0 Å². The zero-order valence-electron chi connectivity index (χ0n) is 9.14. The summed E-state index contributed by atoms with van der Waals surface area (Å²) in [6.07, 6.45) is 1.62. The zero-order valence-corrected chi connectivity index (χ0v) is 10.7. The summed E-state index contributed by atoms with van der Waals surface area (Å²) in [5, 5.41) is 6.72. The molecule has 2 rings (SSSR count). The lowest BCUT2D eigenvalue weighted by Crippen LogP contribution is -2.15. The van der Waals surface area contributed by atoms with Crippen LogP contribution in [0.3, 0.4) is 0 Å². The van der Waals surface area contributed by atoms with E-state index in [2.05, 4.69) is 26.3 Å². The van der Waals surface area contributed by atoms with Crippen molar-refractivity contribution in [2.24, 2.45) is 7.05 Å². The fraction of sp³-hybridized carbons (Fsp3) is 0.0909.